The van der Waals surface area contributed by atoms with Gasteiger partial charge in [-0.15, -0.1) is 0 Å². The highest BCUT2D eigenvalue weighted by molar-refractivity contribution is 6.31. The molecule has 0 aromatic heterocycles. The molecule has 1 aromatic carbocycles. The number of halogens is 1. The van der Waals surface area contributed by atoms with Crippen molar-refractivity contribution in [2.75, 3.05) is 18.5 Å². The van der Waals surface area contributed by atoms with Crippen molar-refractivity contribution in [3.63, 3.8) is 0 Å². The van der Waals surface area contributed by atoms with Crippen LogP contribution in [-0.4, -0.2) is 19.9 Å². The summed E-state index contributed by atoms with van der Waals surface area (Å²) < 4.78 is 0. The number of aldehydes is 1. The van der Waals surface area contributed by atoms with Crippen LogP contribution in [-0.2, 0) is 0 Å². The maximum absolute atomic E-state index is 10.9. The lowest BCUT2D eigenvalue weighted by atomic mass is 10.1. The van der Waals surface area contributed by atoms with E-state index in [2.05, 4.69) is 6.58 Å². The lowest BCUT2D eigenvalue weighted by molar-refractivity contribution is 0.112. The number of anilines is 1. The molecule has 1 rings (SSSR count). The second-order valence-corrected chi connectivity index (χ2v) is 4.07. The summed E-state index contributed by atoms with van der Waals surface area (Å²) in [6.45, 7) is 6.51. The average molecular weight is 224 g/mol. The van der Waals surface area contributed by atoms with E-state index in [9.17, 15) is 4.79 Å². The Balaban J connectivity index is 3.02. The Labute approximate surface area is 95.2 Å². The summed E-state index contributed by atoms with van der Waals surface area (Å²) >= 11 is 5.81. The van der Waals surface area contributed by atoms with E-state index < -0.39 is 0 Å². The predicted molar refractivity (Wildman–Crippen MR) is 64.9 cm³/mol. The number of likely N-dealkylation sites (N-methyl/N-ethyl adjacent to an activating group) is 1. The first-order valence-corrected chi connectivity index (χ1v) is 5.02. The molecule has 0 atom stereocenters. The zero-order chi connectivity index (χ0) is 11.4. The molecule has 80 valence electrons. The van der Waals surface area contributed by atoms with Gasteiger partial charge in [-0.25, -0.2) is 0 Å². The molecule has 0 heterocycles. The smallest absolute Gasteiger partial charge is 0.152 e. The Bertz CT molecular complexity index is 387. The Hall–Kier alpha value is -1.28. The number of hydrogen-bond donors (Lipinski definition) is 0. The van der Waals surface area contributed by atoms with E-state index in [1.165, 1.54) is 0 Å². The van der Waals surface area contributed by atoms with Crippen LogP contribution in [0.4, 0.5) is 5.69 Å². The summed E-state index contributed by atoms with van der Waals surface area (Å²) in [4.78, 5) is 12.8. The van der Waals surface area contributed by atoms with Crippen LogP contribution in [0.5, 0.6) is 0 Å². The fourth-order valence-electron chi connectivity index (χ4n) is 1.46. The number of benzene rings is 1. The molecule has 0 radical (unpaired) electrons. The largest absolute Gasteiger partial charge is 0.370 e. The zero-order valence-electron chi connectivity index (χ0n) is 8.96. The fraction of sp³-hybridized carbons (Fsp3) is 0.250. The highest BCUT2D eigenvalue weighted by Gasteiger charge is 2.07. The van der Waals surface area contributed by atoms with Crippen LogP contribution < -0.4 is 4.90 Å². The van der Waals surface area contributed by atoms with Gasteiger partial charge in [-0.1, -0.05) is 23.8 Å². The molecule has 0 aliphatic carbocycles. The van der Waals surface area contributed by atoms with E-state index in [0.717, 1.165) is 24.1 Å². The van der Waals surface area contributed by atoms with Crippen molar-refractivity contribution in [2.45, 2.75) is 6.92 Å². The van der Waals surface area contributed by atoms with Gasteiger partial charge in [-0.2, -0.15) is 0 Å². The molecule has 15 heavy (non-hydrogen) atoms. The number of hydrogen-bond acceptors (Lipinski definition) is 2. The van der Waals surface area contributed by atoms with E-state index in [1.54, 1.807) is 12.1 Å². The van der Waals surface area contributed by atoms with Crippen LogP contribution in [0.25, 0.3) is 0 Å². The van der Waals surface area contributed by atoms with Gasteiger partial charge in [0.25, 0.3) is 0 Å². The van der Waals surface area contributed by atoms with Crippen molar-refractivity contribution < 1.29 is 4.79 Å². The number of carbonyl (C=O) groups excluding carboxylic acids is 1. The summed E-state index contributed by atoms with van der Waals surface area (Å²) in [6.07, 6.45) is 0.816. The van der Waals surface area contributed by atoms with Crippen molar-refractivity contribution in [1.29, 1.82) is 0 Å². The number of rotatable bonds is 4. The van der Waals surface area contributed by atoms with Crippen molar-refractivity contribution in [1.82, 2.24) is 0 Å². The molecule has 2 nitrogen and oxygen atoms in total. The standard InChI is InChI=1S/C12H14ClNO/c1-9(2)7-14(3)12-5-4-11(13)6-10(12)8-15/h4-6,8H,1,7H2,2-3H3. The zero-order valence-corrected chi connectivity index (χ0v) is 9.71. The normalized spacial score (nSPS) is 9.80. The van der Waals surface area contributed by atoms with Crippen LogP contribution in [0.1, 0.15) is 17.3 Å². The van der Waals surface area contributed by atoms with E-state index in [0.29, 0.717) is 10.6 Å². The Kier molecular flexibility index (Phi) is 3.92. The summed E-state index contributed by atoms with van der Waals surface area (Å²) in [6, 6.07) is 5.28. The molecular weight excluding hydrogens is 210 g/mol. The Morgan fingerprint density at radius 2 is 2.27 bits per heavy atom. The summed E-state index contributed by atoms with van der Waals surface area (Å²) in [5.74, 6) is 0. The monoisotopic (exact) mass is 223 g/mol. The van der Waals surface area contributed by atoms with Crippen LogP contribution in [0, 0.1) is 0 Å². The van der Waals surface area contributed by atoms with Gasteiger partial charge in [0.2, 0.25) is 0 Å². The predicted octanol–water partition coefficient (Wildman–Crippen LogP) is 3.16. The van der Waals surface area contributed by atoms with Crippen molar-refractivity contribution in [3.8, 4) is 0 Å². The van der Waals surface area contributed by atoms with Crippen LogP contribution in [0.15, 0.2) is 30.4 Å². The Morgan fingerprint density at radius 1 is 1.60 bits per heavy atom. The first-order chi connectivity index (χ1) is 7.04. The molecule has 0 saturated heterocycles. The maximum atomic E-state index is 10.9. The minimum Gasteiger partial charge on any atom is -0.370 e. The van der Waals surface area contributed by atoms with Gasteiger partial charge < -0.3 is 4.90 Å². The van der Waals surface area contributed by atoms with E-state index >= 15 is 0 Å². The molecule has 0 bridgehead atoms. The van der Waals surface area contributed by atoms with Gasteiger partial charge in [-0.3, -0.25) is 4.79 Å². The molecule has 0 fully saturated rings. The van der Waals surface area contributed by atoms with Crippen LogP contribution in [0.2, 0.25) is 5.02 Å². The summed E-state index contributed by atoms with van der Waals surface area (Å²) in [5.41, 5.74) is 2.52. The van der Waals surface area contributed by atoms with Gasteiger partial charge in [0, 0.05) is 29.9 Å². The quantitative estimate of drug-likeness (QED) is 0.577. The lowest BCUT2D eigenvalue weighted by Gasteiger charge is -2.21. The Morgan fingerprint density at radius 3 is 2.80 bits per heavy atom. The summed E-state index contributed by atoms with van der Waals surface area (Å²) in [5, 5.41) is 0.574. The molecule has 0 unspecified atom stereocenters. The lowest BCUT2D eigenvalue weighted by Crippen LogP contribution is -2.20. The van der Waals surface area contributed by atoms with Crippen LogP contribution >= 0.6 is 11.6 Å². The van der Waals surface area contributed by atoms with Gasteiger partial charge in [0.05, 0.1) is 0 Å². The van der Waals surface area contributed by atoms with Gasteiger partial charge in [0.15, 0.2) is 6.29 Å². The van der Waals surface area contributed by atoms with Crippen molar-refractivity contribution in [3.05, 3.63) is 40.9 Å². The second-order valence-electron chi connectivity index (χ2n) is 3.63. The molecular formula is C12H14ClNO. The molecule has 1 aromatic rings. The first-order valence-electron chi connectivity index (χ1n) is 4.65. The number of carbonyl (C=O) groups is 1. The minimum atomic E-state index is 0.574. The van der Waals surface area contributed by atoms with Gasteiger partial charge in [0.1, 0.15) is 0 Å². The highest BCUT2D eigenvalue weighted by Crippen LogP contribution is 2.22. The minimum absolute atomic E-state index is 0.574. The van der Waals surface area contributed by atoms with Gasteiger partial charge in [-0.05, 0) is 25.1 Å². The van der Waals surface area contributed by atoms with Crippen LogP contribution in [0.3, 0.4) is 0 Å². The summed E-state index contributed by atoms with van der Waals surface area (Å²) in [7, 11) is 1.92. The van der Waals surface area contributed by atoms with Crippen molar-refractivity contribution >= 4 is 23.6 Å². The third-order valence-corrected chi connectivity index (χ3v) is 2.27. The number of nitrogens with zero attached hydrogens (tertiary/aromatic N) is 1. The van der Waals surface area contributed by atoms with E-state index in [1.807, 2.05) is 24.9 Å². The third kappa shape index (κ3) is 3.10. The highest BCUT2D eigenvalue weighted by atomic mass is 35.5. The molecule has 3 heteroatoms. The molecule has 0 aliphatic heterocycles. The maximum Gasteiger partial charge on any atom is 0.152 e. The van der Waals surface area contributed by atoms with E-state index in [4.69, 9.17) is 11.6 Å². The fourth-order valence-corrected chi connectivity index (χ4v) is 1.64. The molecule has 0 amide bonds. The first kappa shape index (κ1) is 11.8. The molecule has 0 spiro atoms. The van der Waals surface area contributed by atoms with Gasteiger partial charge >= 0.3 is 0 Å². The molecule has 0 saturated carbocycles. The topological polar surface area (TPSA) is 20.3 Å². The molecule has 0 aliphatic rings. The van der Waals surface area contributed by atoms with Crippen molar-refractivity contribution in [2.24, 2.45) is 0 Å². The average Bonchev–Trinajstić information content (AvgIpc) is 2.16. The molecule has 0 N–H and O–H groups in total. The third-order valence-electron chi connectivity index (χ3n) is 2.03. The SMILES string of the molecule is C=C(C)CN(C)c1ccc(Cl)cc1C=O. The van der Waals surface area contributed by atoms with E-state index in [-0.39, 0.29) is 0 Å². The second kappa shape index (κ2) is 4.99.